The Morgan fingerprint density at radius 3 is 0.989 bits per heavy atom. The summed E-state index contributed by atoms with van der Waals surface area (Å²) in [6.45, 7) is 0. The van der Waals surface area contributed by atoms with Gasteiger partial charge < -0.3 is 9.80 Å². The van der Waals surface area contributed by atoms with E-state index in [-0.39, 0.29) is 0 Å². The summed E-state index contributed by atoms with van der Waals surface area (Å²) in [4.78, 5) is 5.01. The number of para-hydroxylation sites is 4. The van der Waals surface area contributed by atoms with Crippen LogP contribution in [0.2, 0.25) is 0 Å². The zero-order valence-corrected chi connectivity index (χ0v) is 51.7. The summed E-state index contributed by atoms with van der Waals surface area (Å²) >= 11 is 0. The third-order valence-corrected chi connectivity index (χ3v) is 20.1. The zero-order chi connectivity index (χ0) is 62.2. The lowest BCUT2D eigenvalue weighted by molar-refractivity contribution is 0.733. The quantitative estimate of drug-likeness (QED) is 0.126. The Labute approximate surface area is 548 Å². The molecule has 94 heavy (non-hydrogen) atoms. The Morgan fingerprint density at radius 1 is 0.202 bits per heavy atom. The predicted molar refractivity (Wildman–Crippen MR) is 394 cm³/mol. The first-order chi connectivity index (χ1) is 46.7. The second-order valence-corrected chi connectivity index (χ2v) is 24.9. The molecule has 0 fully saturated rings. The Bertz CT molecular complexity index is 5170. The average Bonchev–Trinajstić information content (AvgIpc) is 0.695. The Morgan fingerprint density at radius 2 is 0.543 bits per heavy atom. The van der Waals surface area contributed by atoms with Gasteiger partial charge in [-0.25, -0.2) is 0 Å². The molecule has 0 saturated carbocycles. The second kappa shape index (κ2) is 22.4. The largest absolute Gasteiger partial charge is 0.310 e. The molecule has 2 heterocycles. The number of benzene rings is 16. The van der Waals surface area contributed by atoms with Crippen LogP contribution in [-0.2, 0) is 10.8 Å². The summed E-state index contributed by atoms with van der Waals surface area (Å²) < 4.78 is 0. The maximum absolute atomic E-state index is 2.57. The molecule has 2 heteroatoms. The van der Waals surface area contributed by atoms with Crippen LogP contribution in [0.25, 0.3) is 76.8 Å². The topological polar surface area (TPSA) is 6.48 Å². The number of hydrogen-bond donors (Lipinski definition) is 0. The summed E-state index contributed by atoms with van der Waals surface area (Å²) in [5, 5.41) is 7.08. The van der Waals surface area contributed by atoms with Crippen molar-refractivity contribution in [1.82, 2.24) is 0 Å². The maximum Gasteiger partial charge on any atom is 0.0748 e. The molecule has 0 amide bonds. The fourth-order valence-electron chi connectivity index (χ4n) is 16.4. The summed E-state index contributed by atoms with van der Waals surface area (Å²) in [5.74, 6) is 0. The minimum Gasteiger partial charge on any atom is -0.310 e. The molecule has 0 atom stereocenters. The molecule has 18 rings (SSSR count). The molecule has 0 saturated heterocycles. The minimum atomic E-state index is -0.772. The highest BCUT2D eigenvalue weighted by molar-refractivity contribution is 6.23. The fraction of sp³-hybridized carbons (Fsp3) is 0.0217. The SMILES string of the molecule is c1ccc(-c2cc(-c3c4cccc(-c5cccc6c5C(c5ccccc5)(c5ccccc5)c5ccccc5N6c5ccccc5)c4cc4c(-c5cccc6c5C(c5ccccc5)(c5ccccc5)c5ccccc5N6c5ccccc5)cccc34)c3ccccc3c2)cc1. The highest BCUT2D eigenvalue weighted by atomic mass is 15.2. The molecule has 0 aliphatic carbocycles. The van der Waals surface area contributed by atoms with E-state index in [0.717, 1.165) is 56.4 Å². The summed E-state index contributed by atoms with van der Waals surface area (Å²) in [5.41, 5.74) is 24.3. The van der Waals surface area contributed by atoms with E-state index >= 15 is 0 Å². The average molecular weight is 1200 g/mol. The van der Waals surface area contributed by atoms with Crippen LogP contribution in [-0.4, -0.2) is 0 Å². The van der Waals surface area contributed by atoms with E-state index in [2.05, 4.69) is 386 Å². The molecule has 16 aromatic carbocycles. The molecule has 2 nitrogen and oxygen atoms in total. The van der Waals surface area contributed by atoms with E-state index < -0.39 is 10.8 Å². The minimum absolute atomic E-state index is 0.772. The van der Waals surface area contributed by atoms with Gasteiger partial charge in [0.25, 0.3) is 0 Å². The molecule has 2 aliphatic rings. The molecule has 0 spiro atoms. The number of anilines is 6. The van der Waals surface area contributed by atoms with Crippen molar-refractivity contribution in [2.45, 2.75) is 10.8 Å². The third kappa shape index (κ3) is 8.29. The second-order valence-electron chi connectivity index (χ2n) is 24.9. The summed E-state index contributed by atoms with van der Waals surface area (Å²) in [7, 11) is 0. The molecule has 0 unspecified atom stereocenters. The van der Waals surface area contributed by atoms with Gasteiger partial charge in [-0.2, -0.15) is 0 Å². The van der Waals surface area contributed by atoms with Gasteiger partial charge in [-0.05, 0) is 177 Å². The van der Waals surface area contributed by atoms with Crippen molar-refractivity contribution in [2.24, 2.45) is 0 Å². The van der Waals surface area contributed by atoms with E-state index in [1.165, 1.54) is 99.1 Å². The lowest BCUT2D eigenvalue weighted by Gasteiger charge is -2.47. The van der Waals surface area contributed by atoms with Crippen LogP contribution in [0.1, 0.15) is 44.5 Å². The molecule has 0 aromatic heterocycles. The Hall–Kier alpha value is -12.1. The van der Waals surface area contributed by atoms with Crippen molar-refractivity contribution in [1.29, 1.82) is 0 Å². The zero-order valence-electron chi connectivity index (χ0n) is 51.7. The normalized spacial score (nSPS) is 13.4. The molecule has 2 aliphatic heterocycles. The van der Waals surface area contributed by atoms with Gasteiger partial charge in [-0.15, -0.1) is 0 Å². The fourth-order valence-corrected chi connectivity index (χ4v) is 16.4. The van der Waals surface area contributed by atoms with Crippen molar-refractivity contribution < 1.29 is 0 Å². The van der Waals surface area contributed by atoms with Gasteiger partial charge in [0.1, 0.15) is 0 Å². The number of hydrogen-bond acceptors (Lipinski definition) is 2. The molecular formula is C92H62N2. The van der Waals surface area contributed by atoms with Crippen molar-refractivity contribution in [3.8, 4) is 44.5 Å². The van der Waals surface area contributed by atoms with Crippen LogP contribution in [0.5, 0.6) is 0 Å². The number of fused-ring (bicyclic) bond motifs is 7. The van der Waals surface area contributed by atoms with Gasteiger partial charge in [0.15, 0.2) is 0 Å². The maximum atomic E-state index is 2.57. The number of rotatable bonds is 10. The van der Waals surface area contributed by atoms with E-state index in [0.29, 0.717) is 0 Å². The van der Waals surface area contributed by atoms with Gasteiger partial charge in [-0.1, -0.05) is 309 Å². The van der Waals surface area contributed by atoms with Gasteiger partial charge in [0.2, 0.25) is 0 Å². The van der Waals surface area contributed by atoms with E-state index in [4.69, 9.17) is 0 Å². The molecule has 0 radical (unpaired) electrons. The number of nitrogens with zero attached hydrogens (tertiary/aromatic N) is 2. The first-order valence-corrected chi connectivity index (χ1v) is 32.7. The van der Waals surface area contributed by atoms with Crippen LogP contribution in [0.3, 0.4) is 0 Å². The van der Waals surface area contributed by atoms with Crippen LogP contribution in [0.15, 0.2) is 376 Å². The van der Waals surface area contributed by atoms with Gasteiger partial charge in [0.05, 0.1) is 33.6 Å². The van der Waals surface area contributed by atoms with Gasteiger partial charge in [0, 0.05) is 22.5 Å². The van der Waals surface area contributed by atoms with Crippen molar-refractivity contribution in [3.05, 3.63) is 421 Å². The van der Waals surface area contributed by atoms with Gasteiger partial charge >= 0.3 is 0 Å². The molecule has 0 N–H and O–H groups in total. The first kappa shape index (κ1) is 54.8. The smallest absolute Gasteiger partial charge is 0.0748 e. The summed E-state index contributed by atoms with van der Waals surface area (Å²) in [6.07, 6.45) is 0. The van der Waals surface area contributed by atoms with E-state index in [1.807, 2.05) is 0 Å². The molecular weight excluding hydrogens is 1130 g/mol. The lowest BCUT2D eigenvalue weighted by atomic mass is 9.60. The lowest BCUT2D eigenvalue weighted by Crippen LogP contribution is -2.38. The Kier molecular flexibility index (Phi) is 13.0. The van der Waals surface area contributed by atoms with Crippen LogP contribution in [0, 0.1) is 0 Å². The molecule has 440 valence electrons. The van der Waals surface area contributed by atoms with Crippen LogP contribution in [0.4, 0.5) is 34.1 Å². The van der Waals surface area contributed by atoms with Crippen molar-refractivity contribution >= 4 is 66.4 Å². The van der Waals surface area contributed by atoms with Crippen LogP contribution < -0.4 is 9.80 Å². The van der Waals surface area contributed by atoms with Gasteiger partial charge in [-0.3, -0.25) is 0 Å². The monoisotopic (exact) mass is 1190 g/mol. The van der Waals surface area contributed by atoms with Crippen LogP contribution >= 0.6 is 0 Å². The standard InChI is InChI=1S/C92H62N2/c1-8-32-63(33-9-1)65-60-64-34-22-23-47-72(64)81(61-65)88-75-50-28-48-73(77-52-30-58-86-89(77)91(66-35-10-2-11-36-66,67-37-12-3-13-38-67)82-54-24-26-56-84(82)93(86)70-43-18-6-19-44-70)79(75)62-80-74(49-29-51-76(80)88)78-53-31-59-87-90(78)92(68-39-14-4-15-40-68,69-41-16-5-17-42-69)83-55-25-27-57-85(83)94(87)71-45-20-7-21-46-71/h1-62H. The van der Waals surface area contributed by atoms with E-state index in [9.17, 15) is 0 Å². The molecule has 16 aromatic rings. The van der Waals surface area contributed by atoms with Crippen molar-refractivity contribution in [3.63, 3.8) is 0 Å². The van der Waals surface area contributed by atoms with E-state index in [1.54, 1.807) is 0 Å². The van der Waals surface area contributed by atoms with Crippen molar-refractivity contribution in [2.75, 3.05) is 9.80 Å². The first-order valence-electron chi connectivity index (χ1n) is 32.7. The third-order valence-electron chi connectivity index (χ3n) is 20.1. The summed E-state index contributed by atoms with van der Waals surface area (Å²) in [6, 6.07) is 141. The highest BCUT2D eigenvalue weighted by Crippen LogP contribution is 2.63. The molecule has 0 bridgehead atoms. The Balaban J connectivity index is 1.02. The predicted octanol–water partition coefficient (Wildman–Crippen LogP) is 24.1. The highest BCUT2D eigenvalue weighted by Gasteiger charge is 2.50.